The van der Waals surface area contributed by atoms with Crippen LogP contribution in [0.3, 0.4) is 0 Å². The van der Waals surface area contributed by atoms with Gasteiger partial charge in [0.25, 0.3) is 0 Å². The number of rotatable bonds is 3. The van der Waals surface area contributed by atoms with Gasteiger partial charge in [-0.2, -0.15) is 10.5 Å². The Labute approximate surface area is 95.9 Å². The molecule has 0 saturated heterocycles. The Morgan fingerprint density at radius 3 is 2.40 bits per heavy atom. The summed E-state index contributed by atoms with van der Waals surface area (Å²) in [5.74, 6) is 5.23. The fraction of sp³-hybridized carbons (Fsp3) is 0.538. The van der Waals surface area contributed by atoms with Crippen molar-refractivity contribution in [3.63, 3.8) is 0 Å². The first-order valence-electron chi connectivity index (χ1n) is 5.34. The van der Waals surface area contributed by atoms with Crippen molar-refractivity contribution in [1.82, 2.24) is 4.98 Å². The molecule has 0 N–H and O–H groups in total. The smallest absolute Gasteiger partial charge is 0.0529 e. The monoisotopic (exact) mass is 223 g/mol. The maximum Gasteiger partial charge on any atom is 0.0529 e. The molecule has 1 atom stereocenters. The number of hydrogen-bond donors (Lipinski definition) is 0. The third kappa shape index (κ3) is 2.91. The Morgan fingerprint density at radius 2 is 1.87 bits per heavy atom. The Balaban J connectivity index is 2.97. The van der Waals surface area contributed by atoms with Gasteiger partial charge in [-0.3, -0.25) is 4.98 Å². The molecule has 0 aliphatic heterocycles. The van der Waals surface area contributed by atoms with Crippen molar-refractivity contribution in [2.75, 3.05) is 0 Å². The highest BCUT2D eigenvalue weighted by Crippen LogP contribution is 2.25. The average molecular weight is 223 g/mol. The second kappa shape index (κ2) is 4.93. The number of nitrogens with zero attached hydrogens (tertiary/aromatic N) is 1. The van der Waals surface area contributed by atoms with Gasteiger partial charge in [-0.25, -0.2) is 0 Å². The van der Waals surface area contributed by atoms with Gasteiger partial charge in [0.2, 0.25) is 0 Å². The van der Waals surface area contributed by atoms with Crippen LogP contribution in [0.4, 0.5) is 0 Å². The summed E-state index contributed by atoms with van der Waals surface area (Å²) in [4.78, 5) is 4.53. The summed E-state index contributed by atoms with van der Waals surface area (Å²) in [5.41, 5.74) is 5.23. The molecule has 1 heterocycles. The number of aryl methyl sites for hydroxylation is 1. The molecule has 0 bridgehead atoms. The van der Waals surface area contributed by atoms with Gasteiger partial charge in [-0.05, 0) is 42.7 Å². The van der Waals surface area contributed by atoms with Gasteiger partial charge in [0.1, 0.15) is 0 Å². The van der Waals surface area contributed by atoms with Gasteiger partial charge in [0, 0.05) is 11.9 Å². The molecule has 1 unspecified atom stereocenters. The molecule has 2 heteroatoms. The minimum Gasteiger partial charge on any atom is -0.260 e. The van der Waals surface area contributed by atoms with Crippen LogP contribution in [-0.2, 0) is 5.75 Å². The van der Waals surface area contributed by atoms with Crippen LogP contribution in [-0.4, -0.2) is 16.1 Å². The van der Waals surface area contributed by atoms with Gasteiger partial charge in [-0.15, -0.1) is 0 Å². The molecule has 0 aromatic carbocycles. The van der Waals surface area contributed by atoms with E-state index in [4.69, 9.17) is 0 Å². The quantitative estimate of drug-likeness (QED) is 0.713. The fourth-order valence-electron chi connectivity index (χ4n) is 1.37. The molecule has 0 amide bonds. The molecule has 84 valence electrons. The zero-order chi connectivity index (χ0) is 11.6. The third-order valence-electron chi connectivity index (χ3n) is 2.99. The van der Waals surface area contributed by atoms with Crippen molar-refractivity contribution >= 4 is 16.4 Å². The first kappa shape index (κ1) is 12.4. The Hall–Kier alpha value is -0.630. The lowest BCUT2D eigenvalue weighted by molar-refractivity contribution is 1.05. The van der Waals surface area contributed by atoms with Crippen molar-refractivity contribution in [2.45, 2.75) is 45.6 Å². The lowest BCUT2D eigenvalue weighted by atomic mass is 10.1. The van der Waals surface area contributed by atoms with E-state index < -0.39 is 0 Å². The molecular weight excluding hydrogens is 202 g/mol. The number of pyridine rings is 1. The first-order chi connectivity index (χ1) is 6.93. The van der Waals surface area contributed by atoms with Crippen molar-refractivity contribution in [2.24, 2.45) is 0 Å². The van der Waals surface area contributed by atoms with Crippen LogP contribution in [0.15, 0.2) is 6.20 Å². The molecule has 0 aliphatic carbocycles. The largest absolute Gasteiger partial charge is 0.260 e. The first-order valence-corrected chi connectivity index (χ1v) is 6.97. The molecular formula is C13H21NS. The van der Waals surface area contributed by atoms with Crippen molar-refractivity contribution in [1.29, 1.82) is 0 Å². The van der Waals surface area contributed by atoms with E-state index in [1.165, 1.54) is 22.4 Å². The van der Waals surface area contributed by atoms with Gasteiger partial charge in [0.15, 0.2) is 0 Å². The van der Waals surface area contributed by atoms with Crippen LogP contribution in [0.2, 0.25) is 0 Å². The van der Waals surface area contributed by atoms with Gasteiger partial charge >= 0.3 is 0 Å². The number of hydrogen-bond acceptors (Lipinski definition) is 1. The van der Waals surface area contributed by atoms with E-state index in [1.807, 2.05) is 6.20 Å². The van der Waals surface area contributed by atoms with E-state index in [2.05, 4.69) is 45.5 Å². The van der Waals surface area contributed by atoms with E-state index in [-0.39, 0.29) is 10.5 Å². The van der Waals surface area contributed by atoms with Crippen LogP contribution in [0.1, 0.15) is 36.2 Å². The van der Waals surface area contributed by atoms with E-state index in [0.717, 1.165) is 5.75 Å². The fourth-order valence-corrected chi connectivity index (χ4v) is 2.34. The Bertz CT molecular complexity index is 380. The lowest BCUT2D eigenvalue weighted by Gasteiger charge is -2.14. The summed E-state index contributed by atoms with van der Waals surface area (Å²) in [6.07, 6.45) is 1.98. The van der Waals surface area contributed by atoms with Crippen LogP contribution in [0, 0.1) is 20.8 Å². The predicted octanol–water partition coefficient (Wildman–Crippen LogP) is 3.62. The van der Waals surface area contributed by atoms with Crippen LogP contribution >= 0.6 is 10.5 Å². The van der Waals surface area contributed by atoms with Crippen molar-refractivity contribution in [3.8, 4) is 0 Å². The summed E-state index contributed by atoms with van der Waals surface area (Å²) in [6.45, 7) is 10.9. The van der Waals surface area contributed by atoms with Crippen LogP contribution in [0.5, 0.6) is 0 Å². The zero-order valence-electron chi connectivity index (χ0n) is 10.4. The summed E-state index contributed by atoms with van der Waals surface area (Å²) in [7, 11) is 0.190. The molecule has 0 radical (unpaired) electrons. The average Bonchev–Trinajstić information content (AvgIpc) is 2.18. The maximum absolute atomic E-state index is 4.53. The molecule has 0 saturated carbocycles. The minimum atomic E-state index is 0.190. The van der Waals surface area contributed by atoms with E-state index in [1.54, 1.807) is 0 Å². The Morgan fingerprint density at radius 1 is 1.27 bits per heavy atom. The normalized spacial score (nSPS) is 13.2. The maximum atomic E-state index is 4.53. The standard InChI is InChI=1S/C13H21NS/c1-9(2)15(6)8-13-12(5)11(4)10(3)7-14-13/h7,9H,6,8H2,1-5H3. The van der Waals surface area contributed by atoms with Crippen molar-refractivity contribution in [3.05, 3.63) is 28.6 Å². The molecule has 1 aromatic heterocycles. The topological polar surface area (TPSA) is 12.9 Å². The molecule has 0 fully saturated rings. The highest BCUT2D eigenvalue weighted by molar-refractivity contribution is 8.13. The SMILES string of the molecule is C=S(Cc1ncc(C)c(C)c1C)C(C)C. The highest BCUT2D eigenvalue weighted by Gasteiger charge is 2.07. The predicted molar refractivity (Wildman–Crippen MR) is 72.0 cm³/mol. The lowest BCUT2D eigenvalue weighted by Crippen LogP contribution is -2.01. The van der Waals surface area contributed by atoms with Crippen LogP contribution < -0.4 is 0 Å². The second-order valence-electron chi connectivity index (χ2n) is 4.37. The summed E-state index contributed by atoms with van der Waals surface area (Å²) in [6, 6.07) is 0. The summed E-state index contributed by atoms with van der Waals surface area (Å²) in [5, 5.41) is 0.646. The van der Waals surface area contributed by atoms with E-state index in [0.29, 0.717) is 5.25 Å². The second-order valence-corrected chi connectivity index (χ2v) is 6.67. The van der Waals surface area contributed by atoms with Gasteiger partial charge in [-0.1, -0.05) is 19.7 Å². The minimum absolute atomic E-state index is 0.190. The Kier molecular flexibility index (Phi) is 4.09. The molecule has 0 spiro atoms. The molecule has 1 aromatic rings. The zero-order valence-corrected chi connectivity index (χ0v) is 11.2. The summed E-state index contributed by atoms with van der Waals surface area (Å²) >= 11 is 0. The van der Waals surface area contributed by atoms with Crippen molar-refractivity contribution < 1.29 is 0 Å². The highest BCUT2D eigenvalue weighted by atomic mass is 32.2. The molecule has 0 aliphatic rings. The van der Waals surface area contributed by atoms with Gasteiger partial charge in [0.05, 0.1) is 5.69 Å². The van der Waals surface area contributed by atoms with E-state index in [9.17, 15) is 0 Å². The molecule has 1 rings (SSSR count). The molecule has 15 heavy (non-hydrogen) atoms. The third-order valence-corrected chi connectivity index (χ3v) is 4.97. The molecule has 1 nitrogen and oxygen atoms in total. The summed E-state index contributed by atoms with van der Waals surface area (Å²) < 4.78 is 0. The van der Waals surface area contributed by atoms with E-state index >= 15 is 0 Å². The number of aromatic nitrogens is 1. The van der Waals surface area contributed by atoms with Gasteiger partial charge < -0.3 is 0 Å². The van der Waals surface area contributed by atoms with Crippen LogP contribution in [0.25, 0.3) is 0 Å².